The van der Waals surface area contributed by atoms with E-state index in [1.54, 1.807) is 41.3 Å². The van der Waals surface area contributed by atoms with Gasteiger partial charge in [-0.3, -0.25) is 4.79 Å². The molecule has 1 saturated heterocycles. The van der Waals surface area contributed by atoms with Crippen LogP contribution in [0.15, 0.2) is 48.5 Å². The Kier molecular flexibility index (Phi) is 5.37. The van der Waals surface area contributed by atoms with Crippen LogP contribution in [0.2, 0.25) is 10.0 Å². The van der Waals surface area contributed by atoms with Gasteiger partial charge in [0, 0.05) is 28.2 Å². The third kappa shape index (κ3) is 4.54. The summed E-state index contributed by atoms with van der Waals surface area (Å²) in [6, 6.07) is 13.5. The van der Waals surface area contributed by atoms with Crippen molar-refractivity contribution in [2.45, 2.75) is 19.0 Å². The molecule has 1 atom stereocenters. The van der Waals surface area contributed by atoms with Gasteiger partial charge in [-0.05, 0) is 48.4 Å². The summed E-state index contributed by atoms with van der Waals surface area (Å²) in [7, 11) is -3.10. The van der Waals surface area contributed by atoms with E-state index >= 15 is 0 Å². The molecule has 1 fully saturated rings. The van der Waals surface area contributed by atoms with Gasteiger partial charge >= 0.3 is 0 Å². The largest absolute Gasteiger partial charge is 0.330 e. The number of amides is 1. The monoisotopic (exact) mass is 397 g/mol. The van der Waals surface area contributed by atoms with Crippen LogP contribution < -0.4 is 0 Å². The zero-order valence-corrected chi connectivity index (χ0v) is 15.7. The van der Waals surface area contributed by atoms with E-state index in [1.807, 2.05) is 12.1 Å². The molecule has 0 unspecified atom stereocenters. The summed E-state index contributed by atoms with van der Waals surface area (Å²) in [5.74, 6) is -0.0866. The molecule has 0 spiro atoms. The van der Waals surface area contributed by atoms with Crippen molar-refractivity contribution in [2.24, 2.45) is 0 Å². The highest BCUT2D eigenvalue weighted by Gasteiger charge is 2.35. The van der Waals surface area contributed by atoms with E-state index in [1.165, 1.54) is 0 Å². The maximum absolute atomic E-state index is 13.0. The zero-order valence-electron chi connectivity index (χ0n) is 13.4. The van der Waals surface area contributed by atoms with Crippen molar-refractivity contribution < 1.29 is 13.2 Å². The van der Waals surface area contributed by atoms with Gasteiger partial charge in [0.05, 0.1) is 11.5 Å². The lowest BCUT2D eigenvalue weighted by molar-refractivity contribution is 0.0681. The molecule has 0 aromatic heterocycles. The van der Waals surface area contributed by atoms with Gasteiger partial charge < -0.3 is 4.90 Å². The van der Waals surface area contributed by atoms with Gasteiger partial charge in [0.2, 0.25) is 0 Å². The molecule has 4 nitrogen and oxygen atoms in total. The average molecular weight is 398 g/mol. The Balaban J connectivity index is 1.89. The minimum absolute atomic E-state index is 0.0000799. The van der Waals surface area contributed by atoms with Crippen LogP contribution in [0, 0.1) is 0 Å². The number of benzene rings is 2. The molecule has 2 aromatic rings. The lowest BCUT2D eigenvalue weighted by atomic mass is 10.1. The molecule has 1 amide bonds. The van der Waals surface area contributed by atoms with Crippen molar-refractivity contribution in [3.8, 4) is 0 Å². The third-order valence-electron chi connectivity index (χ3n) is 4.27. The Morgan fingerprint density at radius 3 is 2.08 bits per heavy atom. The second-order valence-electron chi connectivity index (χ2n) is 6.12. The van der Waals surface area contributed by atoms with E-state index in [4.69, 9.17) is 23.2 Å². The number of rotatable bonds is 4. The molecule has 2 aromatic carbocycles. The standard InChI is InChI=1S/C18H17Cl2NO3S/c19-15-5-1-13(2-6-15)11-21(17-9-10-25(23,24)12-17)18(22)14-3-7-16(20)8-4-14/h1-8,17H,9-12H2/t17-/m1/s1. The predicted octanol–water partition coefficient (Wildman–Crippen LogP) is 3.82. The fraction of sp³-hybridized carbons (Fsp3) is 0.278. The molecule has 0 radical (unpaired) electrons. The molecular weight excluding hydrogens is 381 g/mol. The molecule has 1 heterocycles. The summed E-state index contributed by atoms with van der Waals surface area (Å²) in [4.78, 5) is 14.6. The Hall–Kier alpha value is -1.56. The van der Waals surface area contributed by atoms with E-state index < -0.39 is 9.84 Å². The quantitative estimate of drug-likeness (QED) is 0.787. The predicted molar refractivity (Wildman–Crippen MR) is 99.8 cm³/mol. The molecule has 3 rings (SSSR count). The van der Waals surface area contributed by atoms with Crippen molar-refractivity contribution in [2.75, 3.05) is 11.5 Å². The minimum Gasteiger partial charge on any atom is -0.330 e. The van der Waals surface area contributed by atoms with Crippen molar-refractivity contribution in [3.63, 3.8) is 0 Å². The molecular formula is C18H17Cl2NO3S. The van der Waals surface area contributed by atoms with Crippen LogP contribution >= 0.6 is 23.2 Å². The summed E-state index contributed by atoms with van der Waals surface area (Å²) in [6.45, 7) is 0.332. The Labute approximate surface area is 157 Å². The topological polar surface area (TPSA) is 54.5 Å². The van der Waals surface area contributed by atoms with Gasteiger partial charge in [-0.25, -0.2) is 8.42 Å². The van der Waals surface area contributed by atoms with Gasteiger partial charge in [0.15, 0.2) is 9.84 Å². The highest BCUT2D eigenvalue weighted by molar-refractivity contribution is 7.91. The highest BCUT2D eigenvalue weighted by Crippen LogP contribution is 2.23. The summed E-state index contributed by atoms with van der Waals surface area (Å²) in [5, 5.41) is 1.16. The second kappa shape index (κ2) is 7.36. The maximum Gasteiger partial charge on any atom is 0.254 e. The average Bonchev–Trinajstić information content (AvgIpc) is 2.94. The van der Waals surface area contributed by atoms with Crippen LogP contribution in [-0.4, -0.2) is 36.8 Å². The van der Waals surface area contributed by atoms with Crippen molar-refractivity contribution in [1.29, 1.82) is 0 Å². The molecule has 0 aliphatic carbocycles. The van der Waals surface area contributed by atoms with Gasteiger partial charge in [-0.2, -0.15) is 0 Å². The van der Waals surface area contributed by atoms with E-state index in [0.717, 1.165) is 5.56 Å². The van der Waals surface area contributed by atoms with E-state index in [9.17, 15) is 13.2 Å². The van der Waals surface area contributed by atoms with Crippen LogP contribution in [0.5, 0.6) is 0 Å². The first-order valence-corrected chi connectivity index (χ1v) is 10.4. The van der Waals surface area contributed by atoms with E-state index in [0.29, 0.717) is 28.6 Å². The van der Waals surface area contributed by atoms with Gasteiger partial charge in [-0.15, -0.1) is 0 Å². The molecule has 0 N–H and O–H groups in total. The summed E-state index contributed by atoms with van der Waals surface area (Å²) in [6.07, 6.45) is 0.454. The fourth-order valence-electron chi connectivity index (χ4n) is 2.93. The first-order valence-electron chi connectivity index (χ1n) is 7.85. The van der Waals surface area contributed by atoms with Crippen LogP contribution in [0.4, 0.5) is 0 Å². The molecule has 0 saturated carbocycles. The van der Waals surface area contributed by atoms with Crippen molar-refractivity contribution >= 4 is 38.9 Å². The molecule has 1 aliphatic heterocycles. The number of halogens is 2. The smallest absolute Gasteiger partial charge is 0.254 e. The lowest BCUT2D eigenvalue weighted by Gasteiger charge is -2.28. The Morgan fingerprint density at radius 1 is 1.00 bits per heavy atom. The second-order valence-corrected chi connectivity index (χ2v) is 9.22. The molecule has 7 heteroatoms. The maximum atomic E-state index is 13.0. The number of carbonyl (C=O) groups is 1. The first-order chi connectivity index (χ1) is 11.8. The number of hydrogen-bond acceptors (Lipinski definition) is 3. The van der Waals surface area contributed by atoms with Crippen LogP contribution in [-0.2, 0) is 16.4 Å². The molecule has 132 valence electrons. The van der Waals surface area contributed by atoms with Gasteiger partial charge in [-0.1, -0.05) is 35.3 Å². The summed E-state index contributed by atoms with van der Waals surface area (Å²) in [5.41, 5.74) is 1.39. The third-order valence-corrected chi connectivity index (χ3v) is 6.52. The first kappa shape index (κ1) is 18.2. The van der Waals surface area contributed by atoms with Crippen LogP contribution in [0.1, 0.15) is 22.3 Å². The van der Waals surface area contributed by atoms with Gasteiger partial charge in [0.25, 0.3) is 5.91 Å². The number of carbonyl (C=O) groups excluding carboxylic acids is 1. The molecule has 0 bridgehead atoms. The number of sulfone groups is 1. The molecule has 1 aliphatic rings. The van der Waals surface area contributed by atoms with Crippen LogP contribution in [0.25, 0.3) is 0 Å². The number of nitrogens with zero attached hydrogens (tertiary/aromatic N) is 1. The number of hydrogen-bond donors (Lipinski definition) is 0. The normalized spacial score (nSPS) is 18.9. The van der Waals surface area contributed by atoms with E-state index in [2.05, 4.69) is 0 Å². The van der Waals surface area contributed by atoms with Crippen molar-refractivity contribution in [3.05, 3.63) is 69.7 Å². The Bertz CT molecular complexity index is 864. The highest BCUT2D eigenvalue weighted by atomic mass is 35.5. The van der Waals surface area contributed by atoms with Crippen LogP contribution in [0.3, 0.4) is 0 Å². The van der Waals surface area contributed by atoms with E-state index in [-0.39, 0.29) is 23.5 Å². The minimum atomic E-state index is -3.10. The van der Waals surface area contributed by atoms with Gasteiger partial charge in [0.1, 0.15) is 0 Å². The summed E-state index contributed by atoms with van der Waals surface area (Å²) < 4.78 is 23.7. The SMILES string of the molecule is O=C(c1ccc(Cl)cc1)N(Cc1ccc(Cl)cc1)[C@@H]1CCS(=O)(=O)C1. The zero-order chi connectivity index (χ0) is 18.0. The summed E-state index contributed by atoms with van der Waals surface area (Å²) >= 11 is 11.8. The fourth-order valence-corrected chi connectivity index (χ4v) is 4.92. The molecule has 25 heavy (non-hydrogen) atoms. The van der Waals surface area contributed by atoms with Crippen molar-refractivity contribution in [1.82, 2.24) is 4.90 Å². The lowest BCUT2D eigenvalue weighted by Crippen LogP contribution is -2.40. The Morgan fingerprint density at radius 2 is 1.56 bits per heavy atom.